The molecule has 0 radical (unpaired) electrons. The summed E-state index contributed by atoms with van der Waals surface area (Å²) in [7, 11) is 1.65. The monoisotopic (exact) mass is 488 g/mol. The summed E-state index contributed by atoms with van der Waals surface area (Å²) in [6.07, 6.45) is 0.839. The molecule has 0 bridgehead atoms. The van der Waals surface area contributed by atoms with Crippen molar-refractivity contribution in [1.29, 1.82) is 0 Å². The van der Waals surface area contributed by atoms with E-state index in [1.54, 1.807) is 18.9 Å². The second-order valence-corrected chi connectivity index (χ2v) is 10.3. The van der Waals surface area contributed by atoms with Crippen LogP contribution < -0.4 is 10.1 Å². The fraction of sp³-hybridized carbons (Fsp3) is 0.310. The van der Waals surface area contributed by atoms with Crippen molar-refractivity contribution in [2.45, 2.75) is 38.2 Å². The number of ether oxygens (including phenoxy) is 1. The number of nitrogens with one attached hydrogen (secondary N) is 1. The summed E-state index contributed by atoms with van der Waals surface area (Å²) >= 11 is 1.63. The molecule has 0 spiro atoms. The van der Waals surface area contributed by atoms with Gasteiger partial charge in [-0.3, -0.25) is 9.59 Å². The minimum atomic E-state index is -0.102. The quantitative estimate of drug-likeness (QED) is 0.402. The Morgan fingerprint density at radius 3 is 2.34 bits per heavy atom. The first kappa shape index (κ1) is 24.9. The van der Waals surface area contributed by atoms with Crippen LogP contribution >= 0.6 is 11.8 Å². The molecular weight excluding hydrogens is 456 g/mol. The van der Waals surface area contributed by atoms with Crippen LogP contribution in [0.25, 0.3) is 0 Å². The van der Waals surface area contributed by atoms with Crippen LogP contribution in [0.3, 0.4) is 0 Å². The van der Waals surface area contributed by atoms with Crippen molar-refractivity contribution in [3.05, 3.63) is 101 Å². The van der Waals surface area contributed by atoms with E-state index >= 15 is 0 Å². The maximum Gasteiger partial charge on any atom is 0.251 e. The molecule has 0 aliphatic carbocycles. The van der Waals surface area contributed by atoms with Gasteiger partial charge in [-0.2, -0.15) is 0 Å². The third-order valence-electron chi connectivity index (χ3n) is 6.15. The standard InChI is InChI=1S/C29H32N2O3S/c1-20(2)17-26(22-13-15-25(34-3)16-14-22)30-28(33)23-9-11-24(12-10-23)29-31(27(32)19-35-29)18-21-7-5-4-6-8-21/h4-16,20,26,29H,17-19H2,1-3H3,(H,30,33)/t26-,29-/m0/s1. The zero-order valence-corrected chi connectivity index (χ0v) is 21.3. The van der Waals surface area contributed by atoms with Crippen LogP contribution in [0.1, 0.15) is 58.7 Å². The van der Waals surface area contributed by atoms with Crippen LogP contribution in [0.2, 0.25) is 0 Å². The smallest absolute Gasteiger partial charge is 0.251 e. The first-order chi connectivity index (χ1) is 16.9. The molecule has 35 heavy (non-hydrogen) atoms. The van der Waals surface area contributed by atoms with E-state index in [0.29, 0.717) is 23.8 Å². The molecule has 2 atom stereocenters. The summed E-state index contributed by atoms with van der Waals surface area (Å²) in [6.45, 7) is 4.89. The van der Waals surface area contributed by atoms with Gasteiger partial charge in [0.25, 0.3) is 5.91 Å². The van der Waals surface area contributed by atoms with Crippen molar-refractivity contribution in [2.24, 2.45) is 5.92 Å². The fourth-order valence-electron chi connectivity index (χ4n) is 4.31. The molecule has 3 aromatic carbocycles. The highest BCUT2D eigenvalue weighted by atomic mass is 32.2. The Labute approximate surface area is 211 Å². The predicted octanol–water partition coefficient (Wildman–Crippen LogP) is 5.99. The Bertz CT molecular complexity index is 1130. The molecule has 0 saturated carbocycles. The van der Waals surface area contributed by atoms with Crippen molar-refractivity contribution in [1.82, 2.24) is 10.2 Å². The highest BCUT2D eigenvalue weighted by Gasteiger charge is 2.32. The number of methoxy groups -OCH3 is 1. The summed E-state index contributed by atoms with van der Waals surface area (Å²) in [6, 6.07) is 25.4. The molecule has 3 aromatic rings. The van der Waals surface area contributed by atoms with E-state index in [2.05, 4.69) is 19.2 Å². The number of carbonyl (C=O) groups excluding carboxylic acids is 2. The minimum absolute atomic E-state index is 0.0483. The lowest BCUT2D eigenvalue weighted by Crippen LogP contribution is -2.30. The topological polar surface area (TPSA) is 58.6 Å². The van der Waals surface area contributed by atoms with Gasteiger partial charge in [0, 0.05) is 12.1 Å². The van der Waals surface area contributed by atoms with Crippen LogP contribution in [-0.4, -0.2) is 29.6 Å². The Kier molecular flexibility index (Phi) is 8.13. The second-order valence-electron chi connectivity index (χ2n) is 9.22. The first-order valence-corrected chi connectivity index (χ1v) is 13.0. The predicted molar refractivity (Wildman–Crippen MR) is 141 cm³/mol. The van der Waals surface area contributed by atoms with Crippen molar-refractivity contribution in [3.63, 3.8) is 0 Å². The van der Waals surface area contributed by atoms with Gasteiger partial charge in [-0.05, 0) is 53.3 Å². The zero-order chi connectivity index (χ0) is 24.8. The van der Waals surface area contributed by atoms with E-state index in [-0.39, 0.29) is 23.2 Å². The van der Waals surface area contributed by atoms with Crippen LogP contribution in [0.4, 0.5) is 0 Å². The van der Waals surface area contributed by atoms with Gasteiger partial charge >= 0.3 is 0 Å². The van der Waals surface area contributed by atoms with Gasteiger partial charge < -0.3 is 15.0 Å². The average Bonchev–Trinajstić information content (AvgIpc) is 3.24. The van der Waals surface area contributed by atoms with E-state index in [1.807, 2.05) is 83.8 Å². The van der Waals surface area contributed by atoms with Crippen molar-refractivity contribution >= 4 is 23.6 Å². The molecule has 1 aliphatic rings. The van der Waals surface area contributed by atoms with Gasteiger partial charge in [0.1, 0.15) is 11.1 Å². The molecule has 0 unspecified atom stereocenters. The van der Waals surface area contributed by atoms with E-state index in [0.717, 1.165) is 28.9 Å². The highest BCUT2D eigenvalue weighted by molar-refractivity contribution is 8.00. The maximum atomic E-state index is 13.1. The SMILES string of the molecule is COc1ccc([C@H](CC(C)C)NC(=O)c2ccc([C@@H]3SCC(=O)N3Cc3ccccc3)cc2)cc1. The molecule has 1 fully saturated rings. The maximum absolute atomic E-state index is 13.1. The van der Waals surface area contributed by atoms with Gasteiger partial charge in [-0.1, -0.05) is 68.4 Å². The van der Waals surface area contributed by atoms with E-state index in [9.17, 15) is 9.59 Å². The van der Waals surface area contributed by atoms with Crippen molar-refractivity contribution < 1.29 is 14.3 Å². The second kappa shape index (κ2) is 11.5. The number of hydrogen-bond acceptors (Lipinski definition) is 4. The lowest BCUT2D eigenvalue weighted by molar-refractivity contribution is -0.128. The Balaban J connectivity index is 1.46. The summed E-state index contributed by atoms with van der Waals surface area (Å²) in [4.78, 5) is 27.6. The fourth-order valence-corrected chi connectivity index (χ4v) is 5.50. The third kappa shape index (κ3) is 6.25. The molecule has 6 heteroatoms. The average molecular weight is 489 g/mol. The summed E-state index contributed by atoms with van der Waals surface area (Å²) in [5.41, 5.74) is 3.81. The van der Waals surface area contributed by atoms with Gasteiger partial charge in [0.05, 0.1) is 18.9 Å². The lowest BCUT2D eigenvalue weighted by atomic mass is 9.96. The Morgan fingerprint density at radius 2 is 1.71 bits per heavy atom. The van der Waals surface area contributed by atoms with Crippen LogP contribution in [0.5, 0.6) is 5.75 Å². The largest absolute Gasteiger partial charge is 0.497 e. The molecule has 1 aliphatic heterocycles. The van der Waals surface area contributed by atoms with E-state index < -0.39 is 0 Å². The van der Waals surface area contributed by atoms with Crippen molar-refractivity contribution in [2.75, 3.05) is 12.9 Å². The van der Waals surface area contributed by atoms with Crippen molar-refractivity contribution in [3.8, 4) is 5.75 Å². The number of amides is 2. The summed E-state index contributed by atoms with van der Waals surface area (Å²) in [5.74, 6) is 1.73. The summed E-state index contributed by atoms with van der Waals surface area (Å²) < 4.78 is 5.27. The molecule has 2 amide bonds. The van der Waals surface area contributed by atoms with Crippen LogP contribution in [0, 0.1) is 5.92 Å². The molecule has 1 N–H and O–H groups in total. The van der Waals surface area contributed by atoms with Gasteiger partial charge in [0.15, 0.2) is 0 Å². The lowest BCUT2D eigenvalue weighted by Gasteiger charge is -2.25. The molecule has 182 valence electrons. The molecule has 5 nitrogen and oxygen atoms in total. The molecule has 4 rings (SSSR count). The van der Waals surface area contributed by atoms with Gasteiger partial charge in [-0.15, -0.1) is 11.8 Å². The Morgan fingerprint density at radius 1 is 1.03 bits per heavy atom. The number of rotatable bonds is 9. The molecular formula is C29H32N2O3S. The number of benzene rings is 3. The van der Waals surface area contributed by atoms with E-state index in [4.69, 9.17) is 4.74 Å². The number of carbonyl (C=O) groups is 2. The number of nitrogens with zero attached hydrogens (tertiary/aromatic N) is 1. The Hall–Kier alpha value is -3.25. The normalized spacial score (nSPS) is 16.4. The zero-order valence-electron chi connectivity index (χ0n) is 20.4. The van der Waals surface area contributed by atoms with Crippen LogP contribution in [0.15, 0.2) is 78.9 Å². The van der Waals surface area contributed by atoms with Gasteiger partial charge in [-0.25, -0.2) is 0 Å². The molecule has 0 aromatic heterocycles. The minimum Gasteiger partial charge on any atom is -0.497 e. The van der Waals surface area contributed by atoms with Gasteiger partial charge in [0.2, 0.25) is 5.91 Å². The third-order valence-corrected chi connectivity index (χ3v) is 7.41. The highest BCUT2D eigenvalue weighted by Crippen LogP contribution is 2.39. The number of hydrogen-bond donors (Lipinski definition) is 1. The number of thioether (sulfide) groups is 1. The van der Waals surface area contributed by atoms with Crippen LogP contribution in [-0.2, 0) is 11.3 Å². The molecule has 1 saturated heterocycles. The molecule has 1 heterocycles. The van der Waals surface area contributed by atoms with E-state index in [1.165, 1.54) is 0 Å². The first-order valence-electron chi connectivity index (χ1n) is 11.9. The summed E-state index contributed by atoms with van der Waals surface area (Å²) in [5, 5.41) is 3.16.